The van der Waals surface area contributed by atoms with E-state index < -0.39 is 0 Å². The highest BCUT2D eigenvalue weighted by Gasteiger charge is 2.01. The van der Waals surface area contributed by atoms with Crippen LogP contribution < -0.4 is 0 Å². The van der Waals surface area contributed by atoms with E-state index in [2.05, 4.69) is 23.3 Å². The van der Waals surface area contributed by atoms with E-state index in [-0.39, 0.29) is 0 Å². The lowest BCUT2D eigenvalue weighted by molar-refractivity contribution is 0.722. The molecule has 0 unspecified atom stereocenters. The second-order valence-corrected chi connectivity index (χ2v) is 4.19. The van der Waals surface area contributed by atoms with Crippen LogP contribution in [0.2, 0.25) is 0 Å². The van der Waals surface area contributed by atoms with Crippen LogP contribution in [0.5, 0.6) is 0 Å². The molecule has 0 N–H and O–H groups in total. The predicted molar refractivity (Wildman–Crippen MR) is 60.3 cm³/mol. The summed E-state index contributed by atoms with van der Waals surface area (Å²) in [5.74, 6) is 2.07. The summed E-state index contributed by atoms with van der Waals surface area (Å²) < 4.78 is 1.95. The van der Waals surface area contributed by atoms with Gasteiger partial charge < -0.3 is 0 Å². The van der Waals surface area contributed by atoms with Crippen molar-refractivity contribution in [1.29, 1.82) is 0 Å². The van der Waals surface area contributed by atoms with E-state index in [0.29, 0.717) is 0 Å². The summed E-state index contributed by atoms with van der Waals surface area (Å²) in [7, 11) is 0. The van der Waals surface area contributed by atoms with Gasteiger partial charge in [-0.25, -0.2) is 4.68 Å². The van der Waals surface area contributed by atoms with Crippen molar-refractivity contribution >= 4 is 22.8 Å². The number of benzene rings is 1. The fourth-order valence-electron chi connectivity index (χ4n) is 1.31. The first-order valence-electron chi connectivity index (χ1n) is 4.78. The van der Waals surface area contributed by atoms with Crippen molar-refractivity contribution in [2.75, 3.05) is 5.75 Å². The summed E-state index contributed by atoms with van der Waals surface area (Å²) in [6.07, 6.45) is 1.21. The third kappa shape index (κ3) is 1.90. The van der Waals surface area contributed by atoms with Gasteiger partial charge in [-0.1, -0.05) is 24.3 Å². The Morgan fingerprint density at radius 1 is 1.36 bits per heavy atom. The van der Waals surface area contributed by atoms with Crippen molar-refractivity contribution in [3.8, 4) is 0 Å². The molecule has 0 radical (unpaired) electrons. The monoisotopic (exact) mass is 207 g/mol. The molecule has 74 valence electrons. The van der Waals surface area contributed by atoms with Gasteiger partial charge in [-0.3, -0.25) is 0 Å². The van der Waals surface area contributed by atoms with E-state index in [0.717, 1.165) is 16.9 Å². The van der Waals surface area contributed by atoms with Crippen molar-refractivity contribution < 1.29 is 0 Å². The molecule has 0 saturated heterocycles. The maximum absolute atomic E-state index is 4.11. The molecule has 2 rings (SSSR count). The summed E-state index contributed by atoms with van der Waals surface area (Å²) in [4.78, 5) is 0. The van der Waals surface area contributed by atoms with Gasteiger partial charge in [0.05, 0.1) is 11.4 Å². The van der Waals surface area contributed by atoms with Crippen LogP contribution in [0.1, 0.15) is 13.3 Å². The molecule has 0 aliphatic rings. The third-order valence-corrected chi connectivity index (χ3v) is 3.11. The highest BCUT2D eigenvalue weighted by Crippen LogP contribution is 2.13. The molecule has 1 aromatic heterocycles. The largest absolute Gasteiger partial charge is 0.235 e. The molecular weight excluding hydrogens is 194 g/mol. The maximum atomic E-state index is 4.11. The van der Waals surface area contributed by atoms with Gasteiger partial charge in [-0.05, 0) is 24.3 Å². The Hall–Kier alpha value is -1.03. The van der Waals surface area contributed by atoms with E-state index >= 15 is 0 Å². The lowest BCUT2D eigenvalue weighted by Gasteiger charge is -2.00. The molecular formula is C10H13N3S. The SMILES string of the molecule is CCCSCn1nnc2ccccc21. The molecule has 2 aromatic rings. The van der Waals surface area contributed by atoms with Gasteiger partial charge in [-0.15, -0.1) is 16.9 Å². The van der Waals surface area contributed by atoms with Gasteiger partial charge in [-0.2, -0.15) is 0 Å². The number of aromatic nitrogens is 3. The second kappa shape index (κ2) is 4.46. The first-order valence-corrected chi connectivity index (χ1v) is 5.93. The lowest BCUT2D eigenvalue weighted by atomic mass is 10.3. The number of para-hydroxylation sites is 1. The summed E-state index contributed by atoms with van der Waals surface area (Å²) in [5.41, 5.74) is 2.10. The zero-order valence-electron chi connectivity index (χ0n) is 8.18. The topological polar surface area (TPSA) is 30.7 Å². The molecule has 3 nitrogen and oxygen atoms in total. The summed E-state index contributed by atoms with van der Waals surface area (Å²) in [6.45, 7) is 2.19. The highest BCUT2D eigenvalue weighted by molar-refractivity contribution is 7.98. The molecule has 1 heterocycles. The average Bonchev–Trinajstić information content (AvgIpc) is 2.63. The minimum atomic E-state index is 0.897. The molecule has 0 amide bonds. The Kier molecular flexibility index (Phi) is 3.03. The summed E-state index contributed by atoms with van der Waals surface area (Å²) >= 11 is 1.89. The molecule has 0 fully saturated rings. The molecule has 0 saturated carbocycles. The number of rotatable bonds is 4. The summed E-state index contributed by atoms with van der Waals surface area (Å²) in [6, 6.07) is 8.05. The van der Waals surface area contributed by atoms with Crippen LogP contribution in [0.4, 0.5) is 0 Å². The Balaban J connectivity index is 2.17. The zero-order chi connectivity index (χ0) is 9.80. The Morgan fingerprint density at radius 2 is 2.21 bits per heavy atom. The van der Waals surface area contributed by atoms with E-state index in [1.165, 1.54) is 12.2 Å². The molecule has 1 aromatic carbocycles. The standard InChI is InChI=1S/C10H13N3S/c1-2-7-14-8-13-10-6-4-3-5-9(10)11-12-13/h3-6H,2,7-8H2,1H3. The first kappa shape index (κ1) is 9.52. The van der Waals surface area contributed by atoms with Crippen LogP contribution in [0.3, 0.4) is 0 Å². The average molecular weight is 207 g/mol. The van der Waals surface area contributed by atoms with E-state index in [1.54, 1.807) is 0 Å². The minimum absolute atomic E-state index is 0.897. The van der Waals surface area contributed by atoms with Crippen LogP contribution >= 0.6 is 11.8 Å². The van der Waals surface area contributed by atoms with Crippen LogP contribution in [0.25, 0.3) is 11.0 Å². The molecule has 0 aliphatic heterocycles. The van der Waals surface area contributed by atoms with Gasteiger partial charge in [0.15, 0.2) is 0 Å². The minimum Gasteiger partial charge on any atom is -0.235 e. The first-order chi connectivity index (χ1) is 6.92. The predicted octanol–water partition coefficient (Wildman–Crippen LogP) is 2.53. The number of fused-ring (bicyclic) bond motifs is 1. The Morgan fingerprint density at radius 3 is 3.07 bits per heavy atom. The van der Waals surface area contributed by atoms with Crippen molar-refractivity contribution in [1.82, 2.24) is 15.0 Å². The zero-order valence-corrected chi connectivity index (χ0v) is 9.00. The maximum Gasteiger partial charge on any atom is 0.113 e. The van der Waals surface area contributed by atoms with Gasteiger partial charge in [0.25, 0.3) is 0 Å². The van der Waals surface area contributed by atoms with Gasteiger partial charge in [0.2, 0.25) is 0 Å². The molecule has 0 spiro atoms. The van der Waals surface area contributed by atoms with Crippen molar-refractivity contribution in [3.05, 3.63) is 24.3 Å². The highest BCUT2D eigenvalue weighted by atomic mass is 32.2. The van der Waals surface area contributed by atoms with Gasteiger partial charge >= 0.3 is 0 Å². The number of thioether (sulfide) groups is 1. The Labute approximate surface area is 87.5 Å². The van der Waals surface area contributed by atoms with Crippen molar-refractivity contribution in [2.45, 2.75) is 19.2 Å². The van der Waals surface area contributed by atoms with E-state index in [9.17, 15) is 0 Å². The molecule has 0 aliphatic carbocycles. The quantitative estimate of drug-likeness (QED) is 0.722. The molecule has 4 heteroatoms. The molecule has 0 atom stereocenters. The fourth-order valence-corrected chi connectivity index (χ4v) is 2.09. The molecule has 0 bridgehead atoms. The van der Waals surface area contributed by atoms with Crippen molar-refractivity contribution in [2.24, 2.45) is 0 Å². The second-order valence-electron chi connectivity index (χ2n) is 3.12. The van der Waals surface area contributed by atoms with Crippen LogP contribution in [-0.4, -0.2) is 20.7 Å². The van der Waals surface area contributed by atoms with Crippen LogP contribution in [0, 0.1) is 0 Å². The number of hydrogen-bond acceptors (Lipinski definition) is 3. The van der Waals surface area contributed by atoms with Gasteiger partial charge in [0.1, 0.15) is 5.52 Å². The van der Waals surface area contributed by atoms with Gasteiger partial charge in [0, 0.05) is 0 Å². The van der Waals surface area contributed by atoms with E-state index in [1.807, 2.05) is 34.6 Å². The number of hydrogen-bond donors (Lipinski definition) is 0. The molecule has 14 heavy (non-hydrogen) atoms. The van der Waals surface area contributed by atoms with Crippen molar-refractivity contribution in [3.63, 3.8) is 0 Å². The Bertz CT molecular complexity index is 410. The third-order valence-electron chi connectivity index (χ3n) is 1.98. The van der Waals surface area contributed by atoms with Crippen LogP contribution in [0.15, 0.2) is 24.3 Å². The fraction of sp³-hybridized carbons (Fsp3) is 0.400. The number of nitrogens with zero attached hydrogens (tertiary/aromatic N) is 3. The smallest absolute Gasteiger partial charge is 0.113 e. The normalized spacial score (nSPS) is 10.9. The van der Waals surface area contributed by atoms with Crippen LogP contribution in [-0.2, 0) is 5.88 Å². The summed E-state index contributed by atoms with van der Waals surface area (Å²) in [5, 5.41) is 8.21. The van der Waals surface area contributed by atoms with E-state index in [4.69, 9.17) is 0 Å². The lowest BCUT2D eigenvalue weighted by Crippen LogP contribution is -1.97.